The van der Waals surface area contributed by atoms with Crippen molar-refractivity contribution in [3.05, 3.63) is 24.3 Å². The molecular weight excluding hydrogens is 174 g/mol. The molecular formula is C11H19N3. The number of nitrogens with zero attached hydrogens (tertiary/aromatic N) is 1. The number of hydrogen-bond acceptors (Lipinski definition) is 3. The highest BCUT2D eigenvalue weighted by Gasteiger charge is 1.93. The van der Waals surface area contributed by atoms with Gasteiger partial charge < -0.3 is 15.5 Å². The Balaban J connectivity index is 2.42. The summed E-state index contributed by atoms with van der Waals surface area (Å²) in [6.07, 6.45) is 0. The maximum absolute atomic E-state index is 3.37. The summed E-state index contributed by atoms with van der Waals surface area (Å²) >= 11 is 0. The molecule has 0 atom stereocenters. The van der Waals surface area contributed by atoms with E-state index < -0.39 is 0 Å². The van der Waals surface area contributed by atoms with Gasteiger partial charge in [0.15, 0.2) is 0 Å². The van der Waals surface area contributed by atoms with Crippen LogP contribution in [0.25, 0.3) is 0 Å². The van der Waals surface area contributed by atoms with Gasteiger partial charge in [-0.25, -0.2) is 0 Å². The van der Waals surface area contributed by atoms with Crippen LogP contribution in [0.5, 0.6) is 0 Å². The van der Waals surface area contributed by atoms with Crippen LogP contribution in [-0.4, -0.2) is 39.1 Å². The van der Waals surface area contributed by atoms with Crippen molar-refractivity contribution in [3.63, 3.8) is 0 Å². The molecule has 0 heterocycles. The molecule has 0 radical (unpaired) electrons. The molecule has 1 rings (SSSR count). The third-order valence-electron chi connectivity index (χ3n) is 2.04. The fourth-order valence-electron chi connectivity index (χ4n) is 1.21. The minimum Gasteiger partial charge on any atom is -0.388 e. The number of benzene rings is 1. The van der Waals surface area contributed by atoms with Gasteiger partial charge in [0, 0.05) is 31.5 Å². The van der Waals surface area contributed by atoms with Crippen molar-refractivity contribution >= 4 is 11.4 Å². The zero-order chi connectivity index (χ0) is 10.4. The molecule has 0 aliphatic heterocycles. The van der Waals surface area contributed by atoms with Gasteiger partial charge in [0.1, 0.15) is 0 Å². The first-order chi connectivity index (χ1) is 6.72. The fraction of sp³-hybridized carbons (Fsp3) is 0.455. The Labute approximate surface area is 86.1 Å². The van der Waals surface area contributed by atoms with E-state index in [2.05, 4.69) is 47.8 Å². The number of hydrogen-bond donors (Lipinski definition) is 2. The monoisotopic (exact) mass is 193 g/mol. The molecule has 2 N–H and O–H groups in total. The van der Waals surface area contributed by atoms with Crippen LogP contribution in [0.2, 0.25) is 0 Å². The minimum absolute atomic E-state index is 0.972. The number of anilines is 2. The van der Waals surface area contributed by atoms with Gasteiger partial charge in [0.25, 0.3) is 0 Å². The summed E-state index contributed by atoms with van der Waals surface area (Å²) in [4.78, 5) is 2.16. The second kappa shape index (κ2) is 5.50. The molecule has 0 bridgehead atoms. The van der Waals surface area contributed by atoms with E-state index in [-0.39, 0.29) is 0 Å². The third kappa shape index (κ3) is 3.66. The Hall–Kier alpha value is -1.22. The number of rotatable bonds is 5. The summed E-state index contributed by atoms with van der Waals surface area (Å²) in [5, 5.41) is 6.49. The van der Waals surface area contributed by atoms with E-state index in [1.165, 1.54) is 5.69 Å². The van der Waals surface area contributed by atoms with Crippen LogP contribution < -0.4 is 10.6 Å². The van der Waals surface area contributed by atoms with Crippen molar-refractivity contribution in [2.24, 2.45) is 0 Å². The first kappa shape index (κ1) is 10.9. The van der Waals surface area contributed by atoms with Crippen molar-refractivity contribution in [2.75, 3.05) is 44.9 Å². The molecule has 3 heteroatoms. The zero-order valence-corrected chi connectivity index (χ0v) is 9.17. The van der Waals surface area contributed by atoms with E-state index >= 15 is 0 Å². The molecule has 0 spiro atoms. The fourth-order valence-corrected chi connectivity index (χ4v) is 1.21. The molecule has 3 nitrogen and oxygen atoms in total. The summed E-state index contributed by atoms with van der Waals surface area (Å²) in [6.45, 7) is 2.02. The van der Waals surface area contributed by atoms with Crippen molar-refractivity contribution in [2.45, 2.75) is 0 Å². The van der Waals surface area contributed by atoms with Gasteiger partial charge in [-0.1, -0.05) is 6.07 Å². The van der Waals surface area contributed by atoms with Crippen LogP contribution >= 0.6 is 0 Å². The Morgan fingerprint density at radius 2 is 1.93 bits per heavy atom. The Morgan fingerprint density at radius 1 is 1.21 bits per heavy atom. The van der Waals surface area contributed by atoms with Crippen molar-refractivity contribution < 1.29 is 0 Å². The van der Waals surface area contributed by atoms with E-state index in [1.807, 2.05) is 13.1 Å². The van der Waals surface area contributed by atoms with Crippen LogP contribution in [-0.2, 0) is 0 Å². The maximum atomic E-state index is 3.37. The van der Waals surface area contributed by atoms with E-state index in [9.17, 15) is 0 Å². The standard InChI is InChI=1S/C11H19N3/c1-12-10-5-4-6-11(9-10)13-7-8-14(2)3/h4-6,9,12-13H,7-8H2,1-3H3. The Bertz CT molecular complexity index is 271. The van der Waals surface area contributed by atoms with Crippen LogP contribution in [0.4, 0.5) is 11.4 Å². The van der Waals surface area contributed by atoms with Gasteiger partial charge in [-0.2, -0.15) is 0 Å². The lowest BCUT2D eigenvalue weighted by atomic mass is 10.3. The van der Waals surface area contributed by atoms with Crippen molar-refractivity contribution in [1.29, 1.82) is 0 Å². The van der Waals surface area contributed by atoms with Gasteiger partial charge in [-0.15, -0.1) is 0 Å². The van der Waals surface area contributed by atoms with Crippen LogP contribution in [0, 0.1) is 0 Å². The predicted octanol–water partition coefficient (Wildman–Crippen LogP) is 1.70. The quantitative estimate of drug-likeness (QED) is 0.745. The molecule has 0 aromatic heterocycles. The Kier molecular flexibility index (Phi) is 4.26. The normalized spacial score (nSPS) is 10.3. The molecule has 1 aromatic carbocycles. The second-order valence-corrected chi connectivity index (χ2v) is 3.56. The summed E-state index contributed by atoms with van der Waals surface area (Å²) in [5.74, 6) is 0. The zero-order valence-electron chi connectivity index (χ0n) is 9.17. The summed E-state index contributed by atoms with van der Waals surface area (Å²) in [5.41, 5.74) is 2.30. The first-order valence-electron chi connectivity index (χ1n) is 4.89. The lowest BCUT2D eigenvalue weighted by molar-refractivity contribution is 0.425. The predicted molar refractivity (Wildman–Crippen MR) is 63.0 cm³/mol. The molecule has 0 aliphatic carbocycles. The molecule has 1 aromatic rings. The highest BCUT2D eigenvalue weighted by atomic mass is 15.1. The molecule has 0 amide bonds. The molecule has 0 unspecified atom stereocenters. The molecule has 0 saturated heterocycles. The van der Waals surface area contributed by atoms with E-state index in [0.717, 1.165) is 18.8 Å². The van der Waals surface area contributed by atoms with Gasteiger partial charge in [-0.05, 0) is 32.3 Å². The van der Waals surface area contributed by atoms with Crippen LogP contribution in [0.15, 0.2) is 24.3 Å². The maximum Gasteiger partial charge on any atom is 0.0361 e. The topological polar surface area (TPSA) is 27.3 Å². The Morgan fingerprint density at radius 3 is 2.57 bits per heavy atom. The summed E-state index contributed by atoms with van der Waals surface area (Å²) < 4.78 is 0. The summed E-state index contributed by atoms with van der Waals surface area (Å²) in [6, 6.07) is 8.28. The summed E-state index contributed by atoms with van der Waals surface area (Å²) in [7, 11) is 6.08. The van der Waals surface area contributed by atoms with E-state index in [1.54, 1.807) is 0 Å². The van der Waals surface area contributed by atoms with Gasteiger partial charge >= 0.3 is 0 Å². The smallest absolute Gasteiger partial charge is 0.0361 e. The first-order valence-corrected chi connectivity index (χ1v) is 4.89. The van der Waals surface area contributed by atoms with Gasteiger partial charge in [-0.3, -0.25) is 0 Å². The molecule has 78 valence electrons. The van der Waals surface area contributed by atoms with Crippen LogP contribution in [0.3, 0.4) is 0 Å². The third-order valence-corrected chi connectivity index (χ3v) is 2.04. The van der Waals surface area contributed by atoms with E-state index in [4.69, 9.17) is 0 Å². The number of likely N-dealkylation sites (N-methyl/N-ethyl adjacent to an activating group) is 1. The average Bonchev–Trinajstić information content (AvgIpc) is 2.18. The largest absolute Gasteiger partial charge is 0.388 e. The minimum atomic E-state index is 0.972. The van der Waals surface area contributed by atoms with E-state index in [0.29, 0.717) is 0 Å². The lowest BCUT2D eigenvalue weighted by Crippen LogP contribution is -2.20. The lowest BCUT2D eigenvalue weighted by Gasteiger charge is -2.12. The van der Waals surface area contributed by atoms with Gasteiger partial charge in [0.05, 0.1) is 0 Å². The molecule has 14 heavy (non-hydrogen) atoms. The molecule has 0 aliphatic rings. The average molecular weight is 193 g/mol. The van der Waals surface area contributed by atoms with Crippen molar-refractivity contribution in [3.8, 4) is 0 Å². The molecule has 0 fully saturated rings. The number of nitrogens with one attached hydrogen (secondary N) is 2. The van der Waals surface area contributed by atoms with Crippen molar-refractivity contribution in [1.82, 2.24) is 4.90 Å². The molecule has 0 saturated carbocycles. The highest BCUT2D eigenvalue weighted by Crippen LogP contribution is 2.13. The van der Waals surface area contributed by atoms with Crippen LogP contribution in [0.1, 0.15) is 0 Å². The highest BCUT2D eigenvalue weighted by molar-refractivity contribution is 5.56. The van der Waals surface area contributed by atoms with Gasteiger partial charge in [0.2, 0.25) is 0 Å². The second-order valence-electron chi connectivity index (χ2n) is 3.56. The SMILES string of the molecule is CNc1cccc(NCCN(C)C)c1.